The second kappa shape index (κ2) is 17.4. The average molecular weight is 234 g/mol. The molecule has 0 bridgehead atoms. The molecule has 0 atom stereocenters. The van der Waals surface area contributed by atoms with Crippen molar-refractivity contribution in [1.82, 2.24) is 0 Å². The van der Waals surface area contributed by atoms with Crippen molar-refractivity contribution < 1.29 is 66.6 Å². The second-order valence-corrected chi connectivity index (χ2v) is 0. The molecule has 0 saturated heterocycles. The van der Waals surface area contributed by atoms with E-state index in [0.717, 1.165) is 0 Å². The summed E-state index contributed by atoms with van der Waals surface area (Å²) in [7, 11) is 0. The Hall–Kier alpha value is 2.66. The minimum Gasteiger partial charge on any atom is 0 e. The largest absolute Gasteiger partial charge is 0.187 e. The Morgan fingerprint density at radius 3 is 1.00 bits per heavy atom. The Labute approximate surface area is 82.5 Å². The predicted octanol–water partition coefficient (Wildman–Crippen LogP) is -1.19. The van der Waals surface area contributed by atoms with Crippen molar-refractivity contribution in [3.05, 3.63) is 0 Å². The summed E-state index contributed by atoms with van der Waals surface area (Å²) in [4.78, 5) is 0. The smallest absolute Gasteiger partial charge is 0 e. The van der Waals surface area contributed by atoms with Crippen molar-refractivity contribution in [3.63, 3.8) is 0 Å². The molecule has 0 heterocycles. The quantitative estimate of drug-likeness (QED) is 0.462. The fraction of sp³-hybridized carbons (Fsp3) is 0. The van der Waals surface area contributed by atoms with Gasteiger partial charge in [-0.2, -0.15) is 0 Å². The number of hydrogen-bond acceptors (Lipinski definition) is 0. The molecule has 0 saturated carbocycles. The molecular weight excluding hydrogens is 231 g/mol. The molecule has 0 aromatic carbocycles. The average Bonchev–Trinajstić information content (AvgIpc) is 0. The van der Waals surface area contributed by atoms with E-state index in [0.29, 0.717) is 0 Å². The zero-order valence-corrected chi connectivity index (χ0v) is 6.25. The van der Waals surface area contributed by atoms with Crippen molar-refractivity contribution in [2.24, 2.45) is 0 Å². The van der Waals surface area contributed by atoms with Crippen LogP contribution in [-0.2, 0) is 66.6 Å². The topological polar surface area (TPSA) is 0 Å². The summed E-state index contributed by atoms with van der Waals surface area (Å²) in [6.45, 7) is 0. The van der Waals surface area contributed by atoms with Crippen molar-refractivity contribution in [3.8, 4) is 0 Å². The van der Waals surface area contributed by atoms with Crippen LogP contribution >= 0.6 is 0 Å². The zero-order chi connectivity index (χ0) is 0. The van der Waals surface area contributed by atoms with E-state index < -0.39 is 0 Å². The third kappa shape index (κ3) is 8.82. The van der Waals surface area contributed by atoms with E-state index in [9.17, 15) is 0 Å². The fourth-order valence-electron chi connectivity index (χ4n) is 0. The monoisotopic (exact) mass is 234 g/mol. The van der Waals surface area contributed by atoms with Gasteiger partial charge in [-0.05, 0) is 0 Å². The summed E-state index contributed by atoms with van der Waals surface area (Å²) in [5.41, 5.74) is 0. The predicted molar refractivity (Wildman–Crippen MR) is 9.94 cm³/mol. The van der Waals surface area contributed by atoms with Crippen LogP contribution in [0.2, 0.25) is 0 Å². The summed E-state index contributed by atoms with van der Waals surface area (Å²) in [6, 6.07) is 0. The van der Waals surface area contributed by atoms with Gasteiger partial charge >= 0.3 is 0 Å². The van der Waals surface area contributed by atoms with Gasteiger partial charge in [-0.25, -0.2) is 0 Å². The first-order valence-corrected chi connectivity index (χ1v) is 0. The van der Waals surface area contributed by atoms with Crippen LogP contribution in [0.15, 0.2) is 0 Å². The standard InChI is InChI=1S/Al.Co.Fe.Y.3H. The van der Waals surface area contributed by atoms with Crippen molar-refractivity contribution in [1.29, 1.82) is 0 Å². The molecule has 4 heavy (non-hydrogen) atoms. The van der Waals surface area contributed by atoms with Crippen LogP contribution in [-0.4, -0.2) is 17.4 Å². The first kappa shape index (κ1) is 30.1. The van der Waals surface area contributed by atoms with Crippen LogP contribution in [0.3, 0.4) is 0 Å². The zero-order valence-electron chi connectivity index (χ0n) is 1.26. The molecule has 0 aromatic rings. The van der Waals surface area contributed by atoms with E-state index in [4.69, 9.17) is 0 Å². The molecule has 0 aromatic heterocycles. The van der Waals surface area contributed by atoms with Gasteiger partial charge in [0.1, 0.15) is 0 Å². The molecule has 0 aliphatic rings. The summed E-state index contributed by atoms with van der Waals surface area (Å²) < 4.78 is 0. The van der Waals surface area contributed by atoms with E-state index in [1.165, 1.54) is 0 Å². The Morgan fingerprint density at radius 1 is 1.00 bits per heavy atom. The molecule has 0 spiro atoms. The van der Waals surface area contributed by atoms with Gasteiger partial charge in [-0.1, -0.05) is 0 Å². The van der Waals surface area contributed by atoms with Crippen LogP contribution in [0.25, 0.3) is 0 Å². The van der Waals surface area contributed by atoms with Gasteiger partial charge in [0.05, 0.1) is 0 Å². The molecule has 26 valence electrons. The van der Waals surface area contributed by atoms with E-state index in [1.54, 1.807) is 0 Å². The van der Waals surface area contributed by atoms with Crippen LogP contribution in [0.4, 0.5) is 0 Å². The molecular formula is H3AlCoFeY. The van der Waals surface area contributed by atoms with Crippen molar-refractivity contribution in [2.75, 3.05) is 0 Å². The Kier molecular flexibility index (Phi) is 131. The van der Waals surface area contributed by atoms with Crippen LogP contribution in [0.1, 0.15) is 0 Å². The van der Waals surface area contributed by atoms with Crippen molar-refractivity contribution >= 4 is 17.4 Å². The molecule has 0 rings (SSSR count). The molecule has 0 nitrogen and oxygen atoms in total. The first-order chi connectivity index (χ1) is 0. The normalized spacial score (nSPS) is 0. The first-order valence-electron chi connectivity index (χ1n) is 0. The molecule has 0 aliphatic carbocycles. The molecule has 0 fully saturated rings. The third-order valence-electron chi connectivity index (χ3n) is 0. The molecule has 0 aliphatic heterocycles. The van der Waals surface area contributed by atoms with Gasteiger partial charge in [0.2, 0.25) is 0 Å². The van der Waals surface area contributed by atoms with Gasteiger partial charge in [-0.3, -0.25) is 0 Å². The van der Waals surface area contributed by atoms with Gasteiger partial charge in [0.15, 0.2) is 17.4 Å². The Bertz CT molecular complexity index is 8.00. The molecule has 0 N–H and O–H groups in total. The summed E-state index contributed by atoms with van der Waals surface area (Å²) in [5, 5.41) is 0. The maximum absolute atomic E-state index is 0. The van der Waals surface area contributed by atoms with Gasteiger partial charge < -0.3 is 0 Å². The molecule has 0 amide bonds. The van der Waals surface area contributed by atoms with E-state index >= 15 is 0 Å². The minimum atomic E-state index is 0. The molecule has 4 heteroatoms. The number of rotatable bonds is 0. The maximum Gasteiger partial charge on any atom is 0.187 e. The van der Waals surface area contributed by atoms with Gasteiger partial charge in [0, 0.05) is 66.6 Å². The van der Waals surface area contributed by atoms with Crippen molar-refractivity contribution in [2.45, 2.75) is 0 Å². The summed E-state index contributed by atoms with van der Waals surface area (Å²) in [6.07, 6.45) is 0. The number of hydrogen-bond donors (Lipinski definition) is 0. The van der Waals surface area contributed by atoms with Gasteiger partial charge in [-0.15, -0.1) is 0 Å². The molecule has 2 radical (unpaired) electrons. The maximum atomic E-state index is 0. The Balaban J connectivity index is 0. The van der Waals surface area contributed by atoms with Crippen LogP contribution < -0.4 is 0 Å². The Morgan fingerprint density at radius 2 is 1.00 bits per heavy atom. The van der Waals surface area contributed by atoms with E-state index in [2.05, 4.69) is 0 Å². The van der Waals surface area contributed by atoms with Crippen LogP contribution in [0.5, 0.6) is 0 Å². The minimum absolute atomic E-state index is 0. The third-order valence-corrected chi connectivity index (χ3v) is 0. The molecule has 0 unspecified atom stereocenters. The summed E-state index contributed by atoms with van der Waals surface area (Å²) >= 11 is 0. The van der Waals surface area contributed by atoms with E-state index in [1.807, 2.05) is 0 Å². The van der Waals surface area contributed by atoms with Crippen LogP contribution in [0, 0.1) is 0 Å². The van der Waals surface area contributed by atoms with Gasteiger partial charge in [0.25, 0.3) is 0 Å². The van der Waals surface area contributed by atoms with E-state index in [-0.39, 0.29) is 83.9 Å². The fourth-order valence-corrected chi connectivity index (χ4v) is 0. The second-order valence-electron chi connectivity index (χ2n) is 0. The summed E-state index contributed by atoms with van der Waals surface area (Å²) in [5.74, 6) is 0. The SMILES string of the molecule is [AlH3].[Co].[Fe].[Y].